The number of aryl methyl sites for hydroxylation is 1. The molecule has 1 saturated heterocycles. The standard InChI is InChI=1S/C28H27N5O4S/c1-17-14-22(18(2)31(17)24-12-11-21(37-4)16-25(24)33(34)35)27-26(23-10-5-6-13-29-23)30-28(38)32(27)19-8-7-9-20(15-19)36-3/h5-16,26-27H,1-4H3,(H,30,38)/t26-,27+/m0/s1. The summed E-state index contributed by atoms with van der Waals surface area (Å²) in [5.74, 6) is 1.14. The van der Waals surface area contributed by atoms with E-state index in [0.717, 1.165) is 28.3 Å². The molecule has 2 aromatic heterocycles. The fourth-order valence-electron chi connectivity index (χ4n) is 5.13. The number of aromatic nitrogens is 2. The van der Waals surface area contributed by atoms with Gasteiger partial charge in [0.2, 0.25) is 0 Å². The zero-order valence-corrected chi connectivity index (χ0v) is 22.2. The smallest absolute Gasteiger partial charge is 0.296 e. The third-order valence-corrected chi connectivity index (χ3v) is 7.15. The zero-order valence-electron chi connectivity index (χ0n) is 21.4. The van der Waals surface area contributed by atoms with Gasteiger partial charge in [0, 0.05) is 29.3 Å². The molecule has 2 aromatic carbocycles. The van der Waals surface area contributed by atoms with E-state index in [1.165, 1.54) is 13.2 Å². The van der Waals surface area contributed by atoms with E-state index in [1.54, 1.807) is 25.4 Å². The van der Waals surface area contributed by atoms with Crippen LogP contribution in [0.4, 0.5) is 11.4 Å². The van der Waals surface area contributed by atoms with Gasteiger partial charge in [0.15, 0.2) is 5.11 Å². The molecule has 1 aliphatic rings. The summed E-state index contributed by atoms with van der Waals surface area (Å²) in [6.45, 7) is 3.91. The summed E-state index contributed by atoms with van der Waals surface area (Å²) in [6.07, 6.45) is 1.76. The van der Waals surface area contributed by atoms with Crippen LogP contribution < -0.4 is 19.7 Å². The summed E-state index contributed by atoms with van der Waals surface area (Å²) in [6, 6.07) is 19.9. The van der Waals surface area contributed by atoms with E-state index in [4.69, 9.17) is 21.7 Å². The molecule has 1 fully saturated rings. The van der Waals surface area contributed by atoms with Gasteiger partial charge in [0.25, 0.3) is 5.69 Å². The second-order valence-corrected chi connectivity index (χ2v) is 9.36. The Labute approximate surface area is 225 Å². The van der Waals surface area contributed by atoms with Crippen molar-refractivity contribution >= 4 is 28.7 Å². The maximum atomic E-state index is 12.0. The van der Waals surface area contributed by atoms with E-state index in [2.05, 4.69) is 21.3 Å². The molecule has 0 saturated carbocycles. The molecule has 9 nitrogen and oxygen atoms in total. The first-order valence-electron chi connectivity index (χ1n) is 12.0. The molecule has 5 rings (SSSR count). The highest BCUT2D eigenvalue weighted by molar-refractivity contribution is 7.80. The number of hydrogen-bond acceptors (Lipinski definition) is 6. The van der Waals surface area contributed by atoms with E-state index in [-0.39, 0.29) is 22.7 Å². The maximum Gasteiger partial charge on any atom is 0.296 e. The van der Waals surface area contributed by atoms with Crippen molar-refractivity contribution in [3.05, 3.63) is 106 Å². The Bertz CT molecular complexity index is 1520. The van der Waals surface area contributed by atoms with Gasteiger partial charge in [0.1, 0.15) is 17.2 Å². The molecule has 0 unspecified atom stereocenters. The number of thiocarbonyl (C=S) groups is 1. The number of hydrogen-bond donors (Lipinski definition) is 1. The van der Waals surface area contributed by atoms with Crippen molar-refractivity contribution in [3.8, 4) is 17.2 Å². The molecule has 10 heteroatoms. The van der Waals surface area contributed by atoms with Crippen molar-refractivity contribution in [2.75, 3.05) is 19.1 Å². The monoisotopic (exact) mass is 529 g/mol. The van der Waals surface area contributed by atoms with Crippen molar-refractivity contribution in [1.29, 1.82) is 0 Å². The Morgan fingerprint density at radius 2 is 1.76 bits per heavy atom. The first-order valence-corrected chi connectivity index (χ1v) is 12.4. The average Bonchev–Trinajstić information content (AvgIpc) is 3.43. The first kappa shape index (κ1) is 25.2. The summed E-state index contributed by atoms with van der Waals surface area (Å²) in [7, 11) is 3.12. The quantitative estimate of drug-likeness (QED) is 0.188. The van der Waals surface area contributed by atoms with Crippen LogP contribution in [0, 0.1) is 24.0 Å². The van der Waals surface area contributed by atoms with Crippen molar-refractivity contribution in [2.24, 2.45) is 0 Å². The number of pyridine rings is 1. The van der Waals surface area contributed by atoms with Crippen LogP contribution in [-0.4, -0.2) is 33.8 Å². The minimum atomic E-state index is -0.387. The molecule has 0 bridgehead atoms. The molecule has 0 spiro atoms. The van der Waals surface area contributed by atoms with Crippen LogP contribution in [-0.2, 0) is 0 Å². The number of nitrogens with one attached hydrogen (secondary N) is 1. The summed E-state index contributed by atoms with van der Waals surface area (Å²) in [5, 5.41) is 16.0. The number of rotatable bonds is 7. The van der Waals surface area contributed by atoms with Gasteiger partial charge < -0.3 is 24.3 Å². The summed E-state index contributed by atoms with van der Waals surface area (Å²) in [5.41, 5.74) is 4.82. The molecule has 4 aromatic rings. The van der Waals surface area contributed by atoms with Crippen molar-refractivity contribution < 1.29 is 14.4 Å². The molecule has 0 aliphatic carbocycles. The molecule has 38 heavy (non-hydrogen) atoms. The fourth-order valence-corrected chi connectivity index (χ4v) is 5.48. The molecule has 0 amide bonds. The summed E-state index contributed by atoms with van der Waals surface area (Å²) < 4.78 is 12.6. The van der Waals surface area contributed by atoms with Crippen LogP contribution in [0.5, 0.6) is 11.5 Å². The Kier molecular flexibility index (Phi) is 6.73. The molecule has 2 atom stereocenters. The van der Waals surface area contributed by atoms with Crippen LogP contribution in [0.3, 0.4) is 0 Å². The highest BCUT2D eigenvalue weighted by Gasteiger charge is 2.42. The largest absolute Gasteiger partial charge is 0.497 e. The highest BCUT2D eigenvalue weighted by atomic mass is 32.1. The Hall–Kier alpha value is -4.44. The molecular weight excluding hydrogens is 502 g/mol. The Morgan fingerprint density at radius 3 is 2.45 bits per heavy atom. The molecule has 1 N–H and O–H groups in total. The number of nitro benzene ring substituents is 1. The van der Waals surface area contributed by atoms with Gasteiger partial charge in [-0.2, -0.15) is 0 Å². The molecular formula is C28H27N5O4S. The first-order chi connectivity index (χ1) is 18.3. The fraction of sp³-hybridized carbons (Fsp3) is 0.214. The Morgan fingerprint density at radius 1 is 1.00 bits per heavy atom. The number of nitro groups is 1. The molecule has 3 heterocycles. The van der Waals surface area contributed by atoms with Crippen LogP contribution in [0.25, 0.3) is 5.69 Å². The number of nitrogens with zero attached hydrogens (tertiary/aromatic N) is 4. The second kappa shape index (κ2) is 10.1. The highest BCUT2D eigenvalue weighted by Crippen LogP contribution is 2.44. The predicted molar refractivity (Wildman–Crippen MR) is 149 cm³/mol. The summed E-state index contributed by atoms with van der Waals surface area (Å²) >= 11 is 5.85. The second-order valence-electron chi connectivity index (χ2n) is 8.97. The van der Waals surface area contributed by atoms with E-state index in [1.807, 2.05) is 60.9 Å². The van der Waals surface area contributed by atoms with Gasteiger partial charge in [0.05, 0.1) is 43.0 Å². The van der Waals surface area contributed by atoms with E-state index in [9.17, 15) is 10.1 Å². The molecule has 1 aliphatic heterocycles. The lowest BCUT2D eigenvalue weighted by Crippen LogP contribution is -2.29. The predicted octanol–water partition coefficient (Wildman–Crippen LogP) is 5.59. The Balaban J connectivity index is 1.70. The van der Waals surface area contributed by atoms with E-state index in [0.29, 0.717) is 22.3 Å². The van der Waals surface area contributed by atoms with Crippen molar-refractivity contribution in [3.63, 3.8) is 0 Å². The third kappa shape index (κ3) is 4.32. The van der Waals surface area contributed by atoms with Gasteiger partial charge in [-0.1, -0.05) is 12.1 Å². The average molecular weight is 530 g/mol. The zero-order chi connectivity index (χ0) is 27.0. The van der Waals surface area contributed by atoms with Crippen molar-refractivity contribution in [1.82, 2.24) is 14.9 Å². The topological polar surface area (TPSA) is 94.7 Å². The van der Waals surface area contributed by atoms with Crippen LogP contribution in [0.15, 0.2) is 72.9 Å². The van der Waals surface area contributed by atoms with Crippen molar-refractivity contribution in [2.45, 2.75) is 25.9 Å². The lowest BCUT2D eigenvalue weighted by molar-refractivity contribution is -0.384. The summed E-state index contributed by atoms with van der Waals surface area (Å²) in [4.78, 5) is 18.3. The van der Waals surface area contributed by atoms with Crippen LogP contribution in [0.1, 0.15) is 34.7 Å². The van der Waals surface area contributed by atoms with Gasteiger partial charge in [-0.3, -0.25) is 15.1 Å². The number of ether oxygens (including phenoxy) is 2. The van der Waals surface area contributed by atoms with Crippen LogP contribution in [0.2, 0.25) is 0 Å². The van der Waals surface area contributed by atoms with Crippen LogP contribution >= 0.6 is 12.2 Å². The number of methoxy groups -OCH3 is 2. The van der Waals surface area contributed by atoms with E-state index >= 15 is 0 Å². The lowest BCUT2D eigenvalue weighted by Gasteiger charge is -2.28. The third-order valence-electron chi connectivity index (χ3n) is 6.84. The van der Waals surface area contributed by atoms with Gasteiger partial charge in [-0.05, 0) is 74.1 Å². The maximum absolute atomic E-state index is 12.0. The number of anilines is 1. The minimum Gasteiger partial charge on any atom is -0.497 e. The molecule has 194 valence electrons. The molecule has 0 radical (unpaired) electrons. The minimum absolute atomic E-state index is 0.0382. The normalized spacial score (nSPS) is 16.8. The number of benzene rings is 2. The van der Waals surface area contributed by atoms with Gasteiger partial charge >= 0.3 is 0 Å². The SMILES string of the molecule is COc1cccc(N2C(=S)N[C@@H](c3ccccn3)[C@H]2c2cc(C)n(-c3ccc(OC)cc3[N+](=O)[O-])c2C)c1. The lowest BCUT2D eigenvalue weighted by atomic mass is 9.96. The van der Waals surface area contributed by atoms with E-state index < -0.39 is 0 Å². The van der Waals surface area contributed by atoms with Gasteiger partial charge in [-0.25, -0.2) is 0 Å². The van der Waals surface area contributed by atoms with Gasteiger partial charge in [-0.15, -0.1) is 0 Å².